The van der Waals surface area contributed by atoms with E-state index >= 15 is 0 Å². The lowest BCUT2D eigenvalue weighted by atomic mass is 9.84. The molecule has 90 valence electrons. The Kier molecular flexibility index (Phi) is 2.92. The summed E-state index contributed by atoms with van der Waals surface area (Å²) in [5, 5.41) is 0.782. The first-order chi connectivity index (χ1) is 8.74. The van der Waals surface area contributed by atoms with E-state index in [0.717, 1.165) is 17.1 Å². The van der Waals surface area contributed by atoms with Crippen molar-refractivity contribution in [1.29, 1.82) is 0 Å². The Morgan fingerprint density at radius 2 is 1.89 bits per heavy atom. The van der Waals surface area contributed by atoms with Gasteiger partial charge in [-0.25, -0.2) is 0 Å². The number of fused-ring (bicyclic) bond motifs is 1. The van der Waals surface area contributed by atoms with Gasteiger partial charge in [-0.05, 0) is 42.7 Å². The fourth-order valence-corrected chi connectivity index (χ4v) is 2.73. The van der Waals surface area contributed by atoms with Gasteiger partial charge in [-0.1, -0.05) is 41.9 Å². The van der Waals surface area contributed by atoms with Gasteiger partial charge in [-0.15, -0.1) is 0 Å². The number of nitrogens with zero attached hydrogens (tertiary/aromatic N) is 1. The van der Waals surface area contributed by atoms with Gasteiger partial charge in [0.15, 0.2) is 0 Å². The molecule has 3 rings (SSSR count). The smallest absolute Gasteiger partial charge is 0.0668 e. The molecule has 0 bridgehead atoms. The number of aliphatic imine (C=N–C) groups is 1. The molecule has 0 fully saturated rings. The van der Waals surface area contributed by atoms with Gasteiger partial charge in [0.1, 0.15) is 0 Å². The van der Waals surface area contributed by atoms with Crippen LogP contribution in [0.3, 0.4) is 0 Å². The van der Waals surface area contributed by atoms with Gasteiger partial charge in [0, 0.05) is 16.7 Å². The molecule has 2 heteroatoms. The Balaban J connectivity index is 2.14. The maximum absolute atomic E-state index is 6.12. The average molecular weight is 256 g/mol. The lowest BCUT2D eigenvalue weighted by Gasteiger charge is -2.24. The van der Waals surface area contributed by atoms with Crippen LogP contribution in [0, 0.1) is 0 Å². The van der Waals surface area contributed by atoms with E-state index in [1.54, 1.807) is 0 Å². The van der Waals surface area contributed by atoms with E-state index in [1.165, 1.54) is 16.8 Å². The normalized spacial score (nSPS) is 18.1. The van der Waals surface area contributed by atoms with Crippen LogP contribution in [0.5, 0.6) is 0 Å². The number of rotatable bonds is 1. The van der Waals surface area contributed by atoms with Crippen LogP contribution in [0.1, 0.15) is 30.4 Å². The standard InChI is InChI=1S/C16H14ClN/c1-11-9-14(12-5-3-2-4-6-12)15-10-13(17)7-8-16(15)18-11/h2-8,10,14H,9H2,1H3. The largest absolute Gasteiger partial charge is 0.258 e. The molecule has 0 amide bonds. The van der Waals surface area contributed by atoms with Gasteiger partial charge in [-0.3, -0.25) is 4.99 Å². The van der Waals surface area contributed by atoms with Crippen molar-refractivity contribution in [2.24, 2.45) is 4.99 Å². The molecule has 1 heterocycles. The topological polar surface area (TPSA) is 12.4 Å². The SMILES string of the molecule is CC1=Nc2ccc(Cl)cc2C(c2ccccc2)C1. The van der Waals surface area contributed by atoms with Crippen LogP contribution in [0.15, 0.2) is 53.5 Å². The molecule has 1 unspecified atom stereocenters. The van der Waals surface area contributed by atoms with E-state index in [9.17, 15) is 0 Å². The van der Waals surface area contributed by atoms with E-state index < -0.39 is 0 Å². The molecule has 1 aliphatic rings. The monoisotopic (exact) mass is 255 g/mol. The van der Waals surface area contributed by atoms with E-state index in [0.29, 0.717) is 5.92 Å². The van der Waals surface area contributed by atoms with Gasteiger partial charge in [0.05, 0.1) is 5.69 Å². The highest BCUT2D eigenvalue weighted by molar-refractivity contribution is 6.30. The van der Waals surface area contributed by atoms with Crippen molar-refractivity contribution >= 4 is 23.0 Å². The van der Waals surface area contributed by atoms with Gasteiger partial charge in [0.25, 0.3) is 0 Å². The van der Waals surface area contributed by atoms with Gasteiger partial charge in [-0.2, -0.15) is 0 Å². The summed E-state index contributed by atoms with van der Waals surface area (Å²) in [5.74, 6) is 0.373. The molecular formula is C16H14ClN. The highest BCUT2D eigenvalue weighted by atomic mass is 35.5. The predicted molar refractivity (Wildman–Crippen MR) is 77.1 cm³/mol. The second-order valence-corrected chi connectivity index (χ2v) is 5.15. The van der Waals surface area contributed by atoms with Crippen LogP contribution in [-0.2, 0) is 0 Å². The summed E-state index contributed by atoms with van der Waals surface area (Å²) in [6.07, 6.45) is 0.970. The van der Waals surface area contributed by atoms with Crippen LogP contribution in [0.2, 0.25) is 5.02 Å². The van der Waals surface area contributed by atoms with Gasteiger partial charge >= 0.3 is 0 Å². The Bertz CT molecular complexity index is 602. The third-order valence-corrected chi connectivity index (χ3v) is 3.61. The van der Waals surface area contributed by atoms with Gasteiger partial charge < -0.3 is 0 Å². The Labute approximate surface area is 112 Å². The summed E-state index contributed by atoms with van der Waals surface area (Å²) < 4.78 is 0. The lowest BCUT2D eigenvalue weighted by molar-refractivity contribution is 0.837. The van der Waals surface area contributed by atoms with E-state index in [2.05, 4.69) is 36.2 Å². The minimum Gasteiger partial charge on any atom is -0.258 e. The number of halogens is 1. The van der Waals surface area contributed by atoms with Crippen LogP contribution in [-0.4, -0.2) is 5.71 Å². The average Bonchev–Trinajstić information content (AvgIpc) is 2.39. The first-order valence-electron chi connectivity index (χ1n) is 6.12. The second-order valence-electron chi connectivity index (χ2n) is 4.72. The van der Waals surface area contributed by atoms with E-state index in [4.69, 9.17) is 11.6 Å². The predicted octanol–water partition coefficient (Wildman–Crippen LogP) is 4.97. The fraction of sp³-hybridized carbons (Fsp3) is 0.188. The number of hydrogen-bond acceptors (Lipinski definition) is 1. The van der Waals surface area contributed by atoms with Crippen molar-refractivity contribution in [3.05, 3.63) is 64.7 Å². The molecule has 0 N–H and O–H groups in total. The summed E-state index contributed by atoms with van der Waals surface area (Å²) in [6, 6.07) is 16.5. The van der Waals surface area contributed by atoms with Crippen LogP contribution >= 0.6 is 11.6 Å². The molecule has 0 aromatic heterocycles. The van der Waals surface area contributed by atoms with Crippen molar-refractivity contribution in [2.75, 3.05) is 0 Å². The number of benzene rings is 2. The molecule has 0 saturated heterocycles. The summed E-state index contributed by atoms with van der Waals surface area (Å²) in [4.78, 5) is 4.62. The van der Waals surface area contributed by atoms with Crippen molar-refractivity contribution in [2.45, 2.75) is 19.3 Å². The maximum atomic E-state index is 6.12. The minimum absolute atomic E-state index is 0.373. The zero-order valence-electron chi connectivity index (χ0n) is 10.2. The quantitative estimate of drug-likeness (QED) is 0.682. The van der Waals surface area contributed by atoms with Crippen molar-refractivity contribution in [3.63, 3.8) is 0 Å². The molecular weight excluding hydrogens is 242 g/mol. The van der Waals surface area contributed by atoms with E-state index in [1.807, 2.05) is 24.3 Å². The Hall–Kier alpha value is -1.60. The molecule has 2 aromatic rings. The maximum Gasteiger partial charge on any atom is 0.0668 e. The highest BCUT2D eigenvalue weighted by Gasteiger charge is 2.22. The third kappa shape index (κ3) is 2.06. The summed E-state index contributed by atoms with van der Waals surface area (Å²) in [5.41, 5.74) is 4.80. The van der Waals surface area contributed by atoms with Crippen molar-refractivity contribution in [3.8, 4) is 0 Å². The molecule has 0 spiro atoms. The molecule has 1 nitrogen and oxygen atoms in total. The van der Waals surface area contributed by atoms with Crippen molar-refractivity contribution < 1.29 is 0 Å². The van der Waals surface area contributed by atoms with Crippen LogP contribution in [0.25, 0.3) is 0 Å². The van der Waals surface area contributed by atoms with Crippen molar-refractivity contribution in [1.82, 2.24) is 0 Å². The highest BCUT2D eigenvalue weighted by Crippen LogP contribution is 2.39. The van der Waals surface area contributed by atoms with E-state index in [-0.39, 0.29) is 0 Å². The van der Waals surface area contributed by atoms with Gasteiger partial charge in [0.2, 0.25) is 0 Å². The first-order valence-corrected chi connectivity index (χ1v) is 6.50. The second kappa shape index (κ2) is 4.58. The van der Waals surface area contributed by atoms with Crippen LogP contribution in [0.4, 0.5) is 5.69 Å². The Morgan fingerprint density at radius 1 is 1.11 bits per heavy atom. The molecule has 1 atom stereocenters. The third-order valence-electron chi connectivity index (χ3n) is 3.38. The summed E-state index contributed by atoms with van der Waals surface area (Å²) in [7, 11) is 0. The fourth-order valence-electron chi connectivity index (χ4n) is 2.55. The Morgan fingerprint density at radius 3 is 2.67 bits per heavy atom. The zero-order valence-corrected chi connectivity index (χ0v) is 11.0. The molecule has 0 saturated carbocycles. The molecule has 0 radical (unpaired) electrons. The summed E-state index contributed by atoms with van der Waals surface area (Å²) >= 11 is 6.12. The lowest BCUT2D eigenvalue weighted by Crippen LogP contribution is -2.10. The molecule has 2 aromatic carbocycles. The molecule has 1 aliphatic heterocycles. The minimum atomic E-state index is 0.373. The zero-order chi connectivity index (χ0) is 12.5. The number of hydrogen-bond donors (Lipinski definition) is 0. The first kappa shape index (κ1) is 11.5. The molecule has 18 heavy (non-hydrogen) atoms. The molecule has 0 aliphatic carbocycles. The summed E-state index contributed by atoms with van der Waals surface area (Å²) in [6.45, 7) is 2.09. The van der Waals surface area contributed by atoms with Crippen LogP contribution < -0.4 is 0 Å².